The van der Waals surface area contributed by atoms with E-state index in [2.05, 4.69) is 0 Å². The fourth-order valence-electron chi connectivity index (χ4n) is 5.45. The summed E-state index contributed by atoms with van der Waals surface area (Å²) in [4.78, 5) is 13.4. The van der Waals surface area contributed by atoms with E-state index >= 15 is 0 Å². The first kappa shape index (κ1) is 32.7. The Labute approximate surface area is 257 Å². The van der Waals surface area contributed by atoms with E-state index in [-0.39, 0.29) is 18.6 Å². The number of benzene rings is 4. The number of esters is 1. The van der Waals surface area contributed by atoms with Crippen LogP contribution in [0.2, 0.25) is 0 Å². The van der Waals surface area contributed by atoms with Gasteiger partial charge in [-0.15, -0.1) is 0 Å². The van der Waals surface area contributed by atoms with Crippen LogP contribution in [0.5, 0.6) is 0 Å². The number of rotatable bonds is 12. The van der Waals surface area contributed by atoms with Gasteiger partial charge >= 0.3 is 12.1 Å². The molecule has 0 saturated carbocycles. The fourth-order valence-corrected chi connectivity index (χ4v) is 5.45. The Bertz CT molecular complexity index is 1420. The predicted molar refractivity (Wildman–Crippen MR) is 165 cm³/mol. The number of methoxy groups -OCH3 is 1. The second-order valence-corrected chi connectivity index (χ2v) is 10.6. The summed E-state index contributed by atoms with van der Waals surface area (Å²) in [6, 6.07) is 36.4. The van der Waals surface area contributed by atoms with Gasteiger partial charge in [0, 0.05) is 12.7 Å². The molecule has 0 saturated heterocycles. The standard InChI is InChI=1S/C37H37F3O4/c1-5-33(44-34(41)36(42-4,37(38,39)40)32-24-16-9-17-25-32)28(3)27(2)26-43-35(29-18-10-6-11-19-29,30-20-12-7-13-21-30)31-22-14-8-15-23-31/h6-25,33H,5,26H2,1-4H3/b28-27+/t33-,36?/m1/s1. The molecule has 0 fully saturated rings. The summed E-state index contributed by atoms with van der Waals surface area (Å²) >= 11 is 0. The summed E-state index contributed by atoms with van der Waals surface area (Å²) in [5.74, 6) is -1.52. The maximum absolute atomic E-state index is 14.5. The molecule has 0 amide bonds. The number of halogens is 3. The molecule has 0 radical (unpaired) electrons. The zero-order chi connectivity index (χ0) is 31.8. The van der Waals surface area contributed by atoms with Gasteiger partial charge < -0.3 is 14.2 Å². The van der Waals surface area contributed by atoms with E-state index in [9.17, 15) is 18.0 Å². The first-order chi connectivity index (χ1) is 21.1. The average Bonchev–Trinajstić information content (AvgIpc) is 3.05. The molecule has 0 spiro atoms. The summed E-state index contributed by atoms with van der Waals surface area (Å²) in [5, 5.41) is 0. The smallest absolute Gasteiger partial charge is 0.432 e. The van der Waals surface area contributed by atoms with Crippen LogP contribution in [-0.4, -0.2) is 32.0 Å². The van der Waals surface area contributed by atoms with Gasteiger partial charge in [0.2, 0.25) is 0 Å². The van der Waals surface area contributed by atoms with Crippen LogP contribution < -0.4 is 0 Å². The van der Waals surface area contributed by atoms with E-state index < -0.39 is 29.5 Å². The Kier molecular flexibility index (Phi) is 10.4. The van der Waals surface area contributed by atoms with E-state index in [4.69, 9.17) is 14.2 Å². The number of hydrogen-bond acceptors (Lipinski definition) is 4. The summed E-state index contributed by atoms with van der Waals surface area (Å²) < 4.78 is 60.9. The van der Waals surface area contributed by atoms with Crippen LogP contribution >= 0.6 is 0 Å². The largest absolute Gasteiger partial charge is 0.455 e. The molecule has 0 bridgehead atoms. The van der Waals surface area contributed by atoms with E-state index in [1.807, 2.05) is 97.9 Å². The zero-order valence-corrected chi connectivity index (χ0v) is 25.3. The van der Waals surface area contributed by atoms with E-state index in [1.54, 1.807) is 19.9 Å². The van der Waals surface area contributed by atoms with Crippen molar-refractivity contribution >= 4 is 5.97 Å². The second kappa shape index (κ2) is 14.1. The summed E-state index contributed by atoms with van der Waals surface area (Å²) in [6.45, 7) is 5.45. The van der Waals surface area contributed by atoms with Crippen LogP contribution in [-0.2, 0) is 30.2 Å². The molecule has 44 heavy (non-hydrogen) atoms. The van der Waals surface area contributed by atoms with Crippen molar-refractivity contribution in [2.45, 2.75) is 50.7 Å². The van der Waals surface area contributed by atoms with Crippen LogP contribution in [0.15, 0.2) is 132 Å². The van der Waals surface area contributed by atoms with Crippen molar-refractivity contribution in [2.75, 3.05) is 13.7 Å². The minimum Gasteiger partial charge on any atom is -0.455 e. The van der Waals surface area contributed by atoms with Gasteiger partial charge in [0.05, 0.1) is 6.61 Å². The minimum atomic E-state index is -5.06. The summed E-state index contributed by atoms with van der Waals surface area (Å²) in [7, 11) is 0.862. The number of alkyl halides is 3. The Hall–Kier alpha value is -4.20. The molecule has 4 nitrogen and oxygen atoms in total. The van der Waals surface area contributed by atoms with E-state index in [1.165, 1.54) is 24.3 Å². The highest BCUT2D eigenvalue weighted by Crippen LogP contribution is 2.44. The highest BCUT2D eigenvalue weighted by Gasteiger charge is 2.64. The van der Waals surface area contributed by atoms with Gasteiger partial charge in [-0.3, -0.25) is 0 Å². The van der Waals surface area contributed by atoms with Crippen LogP contribution in [0.25, 0.3) is 0 Å². The van der Waals surface area contributed by atoms with Crippen molar-refractivity contribution in [2.24, 2.45) is 0 Å². The van der Waals surface area contributed by atoms with Crippen molar-refractivity contribution in [1.29, 1.82) is 0 Å². The quantitative estimate of drug-likeness (QED) is 0.0924. The Balaban J connectivity index is 1.71. The van der Waals surface area contributed by atoms with Crippen molar-refractivity contribution in [3.63, 3.8) is 0 Å². The van der Waals surface area contributed by atoms with Gasteiger partial charge in [0.25, 0.3) is 5.60 Å². The third kappa shape index (κ3) is 6.35. The van der Waals surface area contributed by atoms with Gasteiger partial charge in [-0.05, 0) is 48.1 Å². The van der Waals surface area contributed by atoms with E-state index in [0.29, 0.717) is 5.57 Å². The number of ether oxygens (including phenoxy) is 3. The Morgan fingerprint density at radius 3 is 1.41 bits per heavy atom. The monoisotopic (exact) mass is 602 g/mol. The molecule has 1 unspecified atom stereocenters. The number of hydrogen-bond donors (Lipinski definition) is 0. The topological polar surface area (TPSA) is 44.8 Å². The lowest BCUT2D eigenvalue weighted by atomic mass is 9.80. The molecule has 4 aromatic carbocycles. The van der Waals surface area contributed by atoms with Gasteiger partial charge in [0.15, 0.2) is 0 Å². The molecule has 0 aliphatic heterocycles. The Morgan fingerprint density at radius 1 is 0.682 bits per heavy atom. The van der Waals surface area contributed by atoms with Crippen molar-refractivity contribution in [3.05, 3.63) is 155 Å². The van der Waals surface area contributed by atoms with Gasteiger partial charge in [-0.2, -0.15) is 13.2 Å². The molecule has 230 valence electrons. The third-order valence-electron chi connectivity index (χ3n) is 8.00. The van der Waals surface area contributed by atoms with Gasteiger partial charge in [0.1, 0.15) is 11.7 Å². The lowest BCUT2D eigenvalue weighted by molar-refractivity contribution is -0.277. The molecule has 0 aliphatic carbocycles. The van der Waals surface area contributed by atoms with Gasteiger partial charge in [-0.25, -0.2) is 4.79 Å². The highest BCUT2D eigenvalue weighted by atomic mass is 19.4. The molecule has 0 aliphatic rings. The molecule has 7 heteroatoms. The lowest BCUT2D eigenvalue weighted by Gasteiger charge is -2.36. The lowest BCUT2D eigenvalue weighted by Crippen LogP contribution is -2.52. The maximum atomic E-state index is 14.5. The van der Waals surface area contributed by atoms with Crippen LogP contribution in [0, 0.1) is 0 Å². The molecular formula is C37H37F3O4. The summed E-state index contributed by atoms with van der Waals surface area (Å²) in [6.07, 6.45) is -5.75. The fraction of sp³-hybridized carbons (Fsp3) is 0.270. The average molecular weight is 603 g/mol. The van der Waals surface area contributed by atoms with Crippen molar-refractivity contribution in [1.82, 2.24) is 0 Å². The maximum Gasteiger partial charge on any atom is 0.432 e. The molecule has 4 rings (SSSR count). The minimum absolute atomic E-state index is 0.117. The normalized spacial score (nSPS) is 14.7. The Morgan fingerprint density at radius 2 is 1.07 bits per heavy atom. The molecule has 2 atom stereocenters. The second-order valence-electron chi connectivity index (χ2n) is 10.6. The molecule has 4 aromatic rings. The molecule has 0 heterocycles. The highest BCUT2D eigenvalue weighted by molar-refractivity contribution is 5.83. The van der Waals surface area contributed by atoms with Gasteiger partial charge in [-0.1, -0.05) is 128 Å². The predicted octanol–water partition coefficient (Wildman–Crippen LogP) is 8.76. The van der Waals surface area contributed by atoms with E-state index in [0.717, 1.165) is 29.4 Å². The van der Waals surface area contributed by atoms with Crippen molar-refractivity contribution in [3.8, 4) is 0 Å². The van der Waals surface area contributed by atoms with Crippen LogP contribution in [0.1, 0.15) is 49.4 Å². The number of carbonyl (C=O) groups excluding carboxylic acids is 1. The van der Waals surface area contributed by atoms with Crippen molar-refractivity contribution < 1.29 is 32.2 Å². The molecule has 0 aromatic heterocycles. The number of carbonyl (C=O) groups is 1. The zero-order valence-electron chi connectivity index (χ0n) is 25.3. The SMILES string of the molecule is CC[C@@H](OC(=O)C(OC)(c1ccccc1)C(F)(F)F)/C(C)=C(\C)COC(c1ccccc1)(c1ccccc1)c1ccccc1. The van der Waals surface area contributed by atoms with Crippen LogP contribution in [0.4, 0.5) is 13.2 Å². The first-order valence-electron chi connectivity index (χ1n) is 14.5. The molecular weight excluding hydrogens is 565 g/mol. The molecule has 0 N–H and O–H groups in total. The first-order valence-corrected chi connectivity index (χ1v) is 14.5. The van der Waals surface area contributed by atoms with Crippen LogP contribution in [0.3, 0.4) is 0 Å². The third-order valence-corrected chi connectivity index (χ3v) is 8.00. The summed E-state index contributed by atoms with van der Waals surface area (Å²) in [5.41, 5.74) is -0.531.